The summed E-state index contributed by atoms with van der Waals surface area (Å²) in [4.78, 5) is 0. The lowest BCUT2D eigenvalue weighted by atomic mass is 9.90. The molecule has 0 amide bonds. The summed E-state index contributed by atoms with van der Waals surface area (Å²) < 4.78 is 2.34. The first-order chi connectivity index (χ1) is 14.5. The summed E-state index contributed by atoms with van der Waals surface area (Å²) in [5, 5.41) is 4.73. The zero-order valence-electron chi connectivity index (χ0n) is 18.0. The average Bonchev–Trinajstić information content (AvgIpc) is 3.06. The van der Waals surface area contributed by atoms with Gasteiger partial charge < -0.3 is 0 Å². The Morgan fingerprint density at radius 1 is 0.767 bits per heavy atom. The molecule has 30 heavy (non-hydrogen) atoms. The number of rotatable bonds is 1. The zero-order valence-corrected chi connectivity index (χ0v) is 19.0. The Morgan fingerprint density at radius 3 is 2.30 bits per heavy atom. The number of hydrogen-bond donors (Lipinski definition) is 0. The molecule has 2 aliphatic heterocycles. The highest BCUT2D eigenvalue weighted by Crippen LogP contribution is 2.48. The van der Waals surface area contributed by atoms with Gasteiger partial charge in [-0.05, 0) is 45.2 Å². The van der Waals surface area contributed by atoms with Crippen molar-refractivity contribution in [2.75, 3.05) is 0 Å². The Bertz CT molecular complexity index is 1340. The summed E-state index contributed by atoms with van der Waals surface area (Å²) in [5.41, 5.74) is 8.61. The minimum atomic E-state index is -2.33. The third-order valence-corrected chi connectivity index (χ3v) is 13.5. The molecule has 6 rings (SSSR count). The van der Waals surface area contributed by atoms with Gasteiger partial charge in [-0.15, -0.1) is 0 Å². The fourth-order valence-electron chi connectivity index (χ4n) is 6.43. The largest absolute Gasteiger partial charge is 0.215 e. The van der Waals surface area contributed by atoms with Crippen molar-refractivity contribution in [3.63, 3.8) is 0 Å². The minimum Gasteiger partial charge on any atom is -0.201 e. The number of pyridine rings is 1. The van der Waals surface area contributed by atoms with E-state index in [1.165, 1.54) is 38.7 Å². The van der Waals surface area contributed by atoms with E-state index < -0.39 is 8.07 Å². The molecule has 0 aliphatic carbocycles. The topological polar surface area (TPSA) is 3.88 Å². The second kappa shape index (κ2) is 5.80. The molecule has 1 atom stereocenters. The van der Waals surface area contributed by atoms with Crippen LogP contribution in [0.3, 0.4) is 0 Å². The number of aromatic nitrogens is 1. The highest BCUT2D eigenvalue weighted by Gasteiger charge is 2.62. The molecule has 1 aromatic heterocycles. The number of hydrogen-bond acceptors (Lipinski definition) is 0. The van der Waals surface area contributed by atoms with E-state index in [0.717, 1.165) is 0 Å². The van der Waals surface area contributed by atoms with Crippen molar-refractivity contribution in [1.82, 2.24) is 0 Å². The molecule has 3 heterocycles. The first kappa shape index (κ1) is 17.8. The maximum Gasteiger partial charge on any atom is 0.215 e. The highest BCUT2D eigenvalue weighted by molar-refractivity contribution is 7.16. The van der Waals surface area contributed by atoms with Crippen LogP contribution in [0.2, 0.25) is 0 Å². The molecule has 0 fully saturated rings. The molecule has 0 saturated carbocycles. The van der Waals surface area contributed by atoms with E-state index in [2.05, 4.69) is 117 Å². The van der Waals surface area contributed by atoms with Gasteiger partial charge in [-0.3, -0.25) is 0 Å². The van der Waals surface area contributed by atoms with E-state index in [1.54, 1.807) is 10.4 Å². The molecule has 0 bridgehead atoms. The number of nitrogens with zero attached hydrogens (tertiary/aromatic N) is 1. The molecule has 3 aromatic carbocycles. The average molecular weight is 405 g/mol. The third kappa shape index (κ3) is 1.86. The predicted octanol–water partition coefficient (Wildman–Crippen LogP) is 3.77. The van der Waals surface area contributed by atoms with Crippen LogP contribution in [0.4, 0.5) is 0 Å². The maximum atomic E-state index is 2.50. The van der Waals surface area contributed by atoms with E-state index in [9.17, 15) is 0 Å². The molecular weight excluding hydrogens is 378 g/mol. The SMILES string of the molecule is Cc1ccc2c3c1-c1c(ccc[n+]1C)C(C)(C)[Si]3(c1ccccc1)c1ccccc1-2. The second-order valence-electron chi connectivity index (χ2n) is 9.35. The van der Waals surface area contributed by atoms with Gasteiger partial charge >= 0.3 is 0 Å². The number of benzene rings is 3. The lowest BCUT2D eigenvalue weighted by Crippen LogP contribution is -2.77. The van der Waals surface area contributed by atoms with Crippen LogP contribution in [0.1, 0.15) is 25.0 Å². The van der Waals surface area contributed by atoms with Crippen molar-refractivity contribution in [3.8, 4) is 22.4 Å². The summed E-state index contributed by atoms with van der Waals surface area (Å²) in [7, 11) is -0.127. The summed E-state index contributed by atoms with van der Waals surface area (Å²) in [6, 6.07) is 29.9. The van der Waals surface area contributed by atoms with E-state index >= 15 is 0 Å². The minimum absolute atomic E-state index is 0.0187. The van der Waals surface area contributed by atoms with Crippen molar-refractivity contribution in [2.24, 2.45) is 7.05 Å². The maximum absolute atomic E-state index is 2.50. The van der Waals surface area contributed by atoms with Crippen LogP contribution in [0.5, 0.6) is 0 Å². The molecule has 146 valence electrons. The predicted molar refractivity (Wildman–Crippen MR) is 127 cm³/mol. The Balaban J connectivity index is 1.92. The van der Waals surface area contributed by atoms with Crippen molar-refractivity contribution >= 4 is 23.6 Å². The van der Waals surface area contributed by atoms with Crippen molar-refractivity contribution in [2.45, 2.75) is 25.8 Å². The van der Waals surface area contributed by atoms with E-state index in [-0.39, 0.29) is 5.04 Å². The molecule has 0 radical (unpaired) electrons. The van der Waals surface area contributed by atoms with E-state index in [4.69, 9.17) is 0 Å². The van der Waals surface area contributed by atoms with Gasteiger partial charge in [0, 0.05) is 16.7 Å². The van der Waals surface area contributed by atoms with Crippen LogP contribution in [0.25, 0.3) is 22.4 Å². The fraction of sp³-hybridized carbons (Fsp3) is 0.179. The lowest BCUT2D eigenvalue weighted by Gasteiger charge is -2.48. The summed E-state index contributed by atoms with van der Waals surface area (Å²) in [6.07, 6.45) is 2.20. The Labute approximate surface area is 179 Å². The molecule has 2 aliphatic rings. The standard InChI is InChI=1S/C28H26NSi/c1-19-16-17-22-21-13-8-9-15-24(21)30(20-11-6-5-7-12-20)27(22)25(19)26-23(28(30,2)3)14-10-18-29(26)4/h5-18H,1-4H3/q+1. The first-order valence-corrected chi connectivity index (χ1v) is 12.8. The van der Waals surface area contributed by atoms with E-state index in [1.807, 2.05) is 0 Å². The molecule has 4 aromatic rings. The Hall–Kier alpha value is -2.97. The van der Waals surface area contributed by atoms with Crippen molar-refractivity contribution < 1.29 is 4.57 Å². The number of fused-ring (bicyclic) bond motifs is 5. The van der Waals surface area contributed by atoms with Gasteiger partial charge in [-0.25, -0.2) is 4.57 Å². The van der Waals surface area contributed by atoms with Gasteiger partial charge in [-0.1, -0.05) is 80.6 Å². The van der Waals surface area contributed by atoms with Gasteiger partial charge in [0.15, 0.2) is 14.3 Å². The van der Waals surface area contributed by atoms with Crippen LogP contribution >= 0.6 is 0 Å². The Morgan fingerprint density at radius 2 is 1.50 bits per heavy atom. The van der Waals surface area contributed by atoms with Crippen molar-refractivity contribution in [1.29, 1.82) is 0 Å². The number of aryl methyl sites for hydroxylation is 2. The van der Waals surface area contributed by atoms with Gasteiger partial charge in [0.25, 0.3) is 0 Å². The third-order valence-electron chi connectivity index (χ3n) is 7.64. The van der Waals surface area contributed by atoms with Crippen LogP contribution < -0.4 is 20.1 Å². The summed E-state index contributed by atoms with van der Waals surface area (Å²) >= 11 is 0. The summed E-state index contributed by atoms with van der Waals surface area (Å²) in [5.74, 6) is 0. The zero-order chi connectivity index (χ0) is 20.7. The molecule has 0 spiro atoms. The Kier molecular flexibility index (Phi) is 3.45. The van der Waals surface area contributed by atoms with Gasteiger partial charge in [0.1, 0.15) is 7.05 Å². The quantitative estimate of drug-likeness (QED) is 0.336. The van der Waals surface area contributed by atoms with Crippen LogP contribution in [-0.2, 0) is 12.1 Å². The van der Waals surface area contributed by atoms with Crippen molar-refractivity contribution in [3.05, 3.63) is 96.2 Å². The van der Waals surface area contributed by atoms with Gasteiger partial charge in [0.05, 0.1) is 5.56 Å². The highest BCUT2D eigenvalue weighted by atomic mass is 28.3. The van der Waals surface area contributed by atoms with Crippen LogP contribution in [-0.4, -0.2) is 8.07 Å². The molecular formula is C28H26NSi+. The lowest BCUT2D eigenvalue weighted by molar-refractivity contribution is -0.660. The summed E-state index contributed by atoms with van der Waals surface area (Å²) in [6.45, 7) is 7.29. The van der Waals surface area contributed by atoms with Crippen LogP contribution in [0, 0.1) is 6.92 Å². The van der Waals surface area contributed by atoms with E-state index in [0.29, 0.717) is 0 Å². The molecule has 2 heteroatoms. The molecule has 0 N–H and O–H groups in total. The second-order valence-corrected chi connectivity index (χ2v) is 13.7. The first-order valence-electron chi connectivity index (χ1n) is 10.8. The normalized spacial score (nSPS) is 19.7. The monoisotopic (exact) mass is 404 g/mol. The molecule has 1 unspecified atom stereocenters. The van der Waals surface area contributed by atoms with Gasteiger partial charge in [0.2, 0.25) is 5.69 Å². The van der Waals surface area contributed by atoms with Crippen LogP contribution in [0.15, 0.2) is 85.1 Å². The van der Waals surface area contributed by atoms with Gasteiger partial charge in [-0.2, -0.15) is 0 Å². The molecule has 1 nitrogen and oxygen atoms in total. The molecule has 0 saturated heterocycles. The fourth-order valence-corrected chi connectivity index (χ4v) is 12.9. The smallest absolute Gasteiger partial charge is 0.201 e.